The van der Waals surface area contributed by atoms with Gasteiger partial charge in [-0.05, 0) is 42.8 Å². The molecule has 6 nitrogen and oxygen atoms in total. The van der Waals surface area contributed by atoms with Gasteiger partial charge in [-0.2, -0.15) is 4.57 Å². The third kappa shape index (κ3) is 4.75. The number of rotatable bonds is 7. The van der Waals surface area contributed by atoms with E-state index in [0.29, 0.717) is 10.7 Å². The van der Waals surface area contributed by atoms with Crippen LogP contribution in [0, 0.1) is 0 Å². The van der Waals surface area contributed by atoms with E-state index in [4.69, 9.17) is 17.3 Å². The summed E-state index contributed by atoms with van der Waals surface area (Å²) in [6, 6.07) is 12.1. The lowest BCUT2D eigenvalue weighted by Gasteiger charge is -2.30. The van der Waals surface area contributed by atoms with Crippen molar-refractivity contribution in [2.24, 2.45) is 12.8 Å². The summed E-state index contributed by atoms with van der Waals surface area (Å²) >= 11 is 7.75. The van der Waals surface area contributed by atoms with Crippen LogP contribution in [0.2, 0.25) is 5.02 Å². The average molecular weight is 430 g/mol. The van der Waals surface area contributed by atoms with Crippen molar-refractivity contribution in [1.29, 1.82) is 0 Å². The number of carboxylic acids is 1. The second kappa shape index (κ2) is 8.63. The zero-order valence-corrected chi connectivity index (χ0v) is 17.5. The summed E-state index contributed by atoms with van der Waals surface area (Å²) in [6.45, 7) is 1.25. The number of halogens is 1. The van der Waals surface area contributed by atoms with Crippen molar-refractivity contribution in [3.05, 3.63) is 58.1 Å². The molecule has 1 heterocycles. The van der Waals surface area contributed by atoms with Gasteiger partial charge in [0.25, 0.3) is 5.01 Å². The molecule has 1 unspecified atom stereocenters. The van der Waals surface area contributed by atoms with Gasteiger partial charge < -0.3 is 20.5 Å². The van der Waals surface area contributed by atoms with Crippen LogP contribution in [0.5, 0.6) is 0 Å². The Morgan fingerprint density at radius 3 is 2.55 bits per heavy atom. The van der Waals surface area contributed by atoms with Crippen molar-refractivity contribution in [3.8, 4) is 0 Å². The number of aromatic nitrogens is 1. The summed E-state index contributed by atoms with van der Waals surface area (Å²) in [6.07, 6.45) is 3.98. The van der Waals surface area contributed by atoms with Gasteiger partial charge in [-0.1, -0.05) is 35.1 Å². The lowest BCUT2D eigenvalue weighted by atomic mass is 10.1. The Kier molecular flexibility index (Phi) is 6.20. The molecule has 0 aliphatic rings. The number of hydrogen-bond acceptors (Lipinski definition) is 5. The second-order valence-electron chi connectivity index (χ2n) is 6.63. The van der Waals surface area contributed by atoms with Crippen LogP contribution in [-0.2, 0) is 16.6 Å². The van der Waals surface area contributed by atoms with Gasteiger partial charge in [0, 0.05) is 22.9 Å². The predicted octanol–water partition coefficient (Wildman–Crippen LogP) is 1.98. The molecule has 1 atom stereocenters. The number of nitrogens with zero attached hydrogens (tertiary/aromatic N) is 2. The van der Waals surface area contributed by atoms with Gasteiger partial charge in [0.2, 0.25) is 11.4 Å². The number of primary amides is 1. The highest BCUT2D eigenvalue weighted by atomic mass is 35.5. The molecule has 0 saturated carbocycles. The number of carboxylic acid groups (broad SMARTS) is 1. The minimum absolute atomic E-state index is 0.204. The minimum atomic E-state index is -1.27. The summed E-state index contributed by atoms with van der Waals surface area (Å²) in [5.74, 6) is -1.88. The number of thiazole rings is 1. The highest BCUT2D eigenvalue weighted by Crippen LogP contribution is 2.25. The van der Waals surface area contributed by atoms with Crippen molar-refractivity contribution >= 4 is 62.9 Å². The number of carbonyl (C=O) groups excluding carboxylic acids is 2. The Labute approximate surface area is 177 Å². The van der Waals surface area contributed by atoms with Crippen LogP contribution in [0.25, 0.3) is 22.4 Å². The molecule has 2 aromatic carbocycles. The van der Waals surface area contributed by atoms with E-state index in [9.17, 15) is 14.7 Å². The largest absolute Gasteiger partial charge is 0.548 e. The minimum Gasteiger partial charge on any atom is -0.548 e. The molecule has 0 aliphatic carbocycles. The van der Waals surface area contributed by atoms with E-state index in [1.165, 1.54) is 11.8 Å². The number of amides is 1. The number of aliphatic carboxylic acids is 1. The Balaban J connectivity index is 1.83. The number of benzene rings is 2. The first-order chi connectivity index (χ1) is 13.8. The van der Waals surface area contributed by atoms with E-state index >= 15 is 0 Å². The summed E-state index contributed by atoms with van der Waals surface area (Å²) in [7, 11) is 1.99. The molecular formula is C21H20ClN3O3S. The third-order valence-corrected chi connectivity index (χ3v) is 6.02. The Bertz CT molecular complexity index is 1090. The number of nitrogens with two attached hydrogens (primary N) is 1. The monoisotopic (exact) mass is 429 g/mol. The average Bonchev–Trinajstić information content (AvgIpc) is 2.99. The van der Waals surface area contributed by atoms with Crippen molar-refractivity contribution in [2.75, 3.05) is 11.4 Å². The highest BCUT2D eigenvalue weighted by molar-refractivity contribution is 7.18. The van der Waals surface area contributed by atoms with E-state index in [1.54, 1.807) is 23.5 Å². The molecule has 3 aromatic rings. The molecule has 0 bridgehead atoms. The first-order valence-corrected chi connectivity index (χ1v) is 10.1. The lowest BCUT2D eigenvalue weighted by molar-refractivity contribution is -0.642. The maximum absolute atomic E-state index is 11.3. The lowest BCUT2D eigenvalue weighted by Crippen LogP contribution is -2.49. The zero-order valence-electron chi connectivity index (χ0n) is 16.0. The van der Waals surface area contributed by atoms with Crippen LogP contribution in [-0.4, -0.2) is 24.5 Å². The fourth-order valence-electron chi connectivity index (χ4n) is 2.98. The molecule has 8 heteroatoms. The Hall–Kier alpha value is -2.90. The van der Waals surface area contributed by atoms with E-state index in [-0.39, 0.29) is 6.54 Å². The highest BCUT2D eigenvalue weighted by Gasteiger charge is 2.18. The van der Waals surface area contributed by atoms with E-state index < -0.39 is 17.9 Å². The van der Waals surface area contributed by atoms with Crippen molar-refractivity contribution in [3.63, 3.8) is 0 Å². The van der Waals surface area contributed by atoms with E-state index in [2.05, 4.69) is 4.57 Å². The van der Waals surface area contributed by atoms with Crippen LogP contribution in [0.1, 0.15) is 17.5 Å². The van der Waals surface area contributed by atoms with Crippen molar-refractivity contribution < 1.29 is 19.3 Å². The second-order valence-corrected chi connectivity index (χ2v) is 8.12. The van der Waals surface area contributed by atoms with Gasteiger partial charge in [-0.15, -0.1) is 0 Å². The zero-order chi connectivity index (χ0) is 21.1. The number of aryl methyl sites for hydroxylation is 1. The maximum Gasteiger partial charge on any atom is 0.262 e. The fraction of sp³-hybridized carbons (Fsp3) is 0.190. The normalized spacial score (nSPS) is 12.4. The molecule has 0 fully saturated rings. The molecule has 150 valence electrons. The maximum atomic E-state index is 11.3. The first kappa shape index (κ1) is 20.8. The van der Waals surface area contributed by atoms with Gasteiger partial charge in [-0.3, -0.25) is 4.79 Å². The molecule has 29 heavy (non-hydrogen) atoms. The van der Waals surface area contributed by atoms with Crippen LogP contribution in [0.3, 0.4) is 0 Å². The van der Waals surface area contributed by atoms with Crippen molar-refractivity contribution in [2.45, 2.75) is 13.0 Å². The quantitative estimate of drug-likeness (QED) is 0.581. The number of fused-ring (bicyclic) bond motifs is 1. The summed E-state index contributed by atoms with van der Waals surface area (Å²) in [4.78, 5) is 23.9. The van der Waals surface area contributed by atoms with Crippen LogP contribution >= 0.6 is 22.9 Å². The summed E-state index contributed by atoms with van der Waals surface area (Å²) in [5, 5.41) is 13.0. The van der Waals surface area contributed by atoms with Gasteiger partial charge in [-0.25, -0.2) is 0 Å². The van der Waals surface area contributed by atoms with Crippen LogP contribution < -0.4 is 20.3 Å². The summed E-state index contributed by atoms with van der Waals surface area (Å²) in [5.41, 5.74) is 7.83. The molecule has 1 aromatic heterocycles. The van der Waals surface area contributed by atoms with Gasteiger partial charge >= 0.3 is 0 Å². The van der Waals surface area contributed by atoms with Crippen LogP contribution in [0.4, 0.5) is 5.69 Å². The fourth-order valence-corrected chi connectivity index (χ4v) is 4.18. The van der Waals surface area contributed by atoms with Gasteiger partial charge in [0.15, 0.2) is 0 Å². The van der Waals surface area contributed by atoms with Gasteiger partial charge in [0.05, 0.1) is 18.6 Å². The third-order valence-electron chi connectivity index (χ3n) is 4.61. The Morgan fingerprint density at radius 1 is 1.24 bits per heavy atom. The molecule has 0 aliphatic heterocycles. The first-order valence-electron chi connectivity index (χ1n) is 8.88. The molecule has 3 rings (SSSR count). The number of carbonyl (C=O) groups is 2. The number of anilines is 1. The SMILES string of the molecule is CC(C(=O)[O-])N(CC(N)=O)c1ccc(/C=C/c2sc3ccc(Cl)cc3[n+]2C)cc1. The molecule has 0 saturated heterocycles. The van der Waals surface area contributed by atoms with E-state index in [1.807, 2.05) is 49.5 Å². The molecule has 1 amide bonds. The standard InChI is InChI=1S/C21H20ClN3O3S/c1-13(21(27)28)25(12-19(23)26)16-7-3-14(4-8-16)5-10-20-24(2)17-11-15(22)6-9-18(17)29-20/h3-11,13H,12H2,1-2H3,(H2-,23,26,27,28). The molecular weight excluding hydrogens is 410 g/mol. The Morgan fingerprint density at radius 2 is 1.93 bits per heavy atom. The van der Waals surface area contributed by atoms with Gasteiger partial charge in [0.1, 0.15) is 11.7 Å². The predicted molar refractivity (Wildman–Crippen MR) is 114 cm³/mol. The molecule has 0 radical (unpaired) electrons. The smallest absolute Gasteiger partial charge is 0.262 e. The van der Waals surface area contributed by atoms with E-state index in [0.717, 1.165) is 20.8 Å². The summed E-state index contributed by atoms with van der Waals surface area (Å²) < 4.78 is 3.22. The molecule has 0 spiro atoms. The topological polar surface area (TPSA) is 90.3 Å². The van der Waals surface area contributed by atoms with Crippen molar-refractivity contribution in [1.82, 2.24) is 0 Å². The van der Waals surface area contributed by atoms with Crippen LogP contribution in [0.15, 0.2) is 42.5 Å². The molecule has 2 N–H and O–H groups in total. The number of hydrogen-bond donors (Lipinski definition) is 1.